The molecule has 114 valence electrons. The highest BCUT2D eigenvalue weighted by Gasteiger charge is 2.20. The second kappa shape index (κ2) is 6.40. The van der Waals surface area contributed by atoms with E-state index in [4.69, 9.17) is 4.98 Å². The van der Waals surface area contributed by atoms with Gasteiger partial charge in [-0.1, -0.05) is 27.7 Å². The summed E-state index contributed by atoms with van der Waals surface area (Å²) in [5.74, 6) is 1.53. The molecule has 0 aliphatic rings. The van der Waals surface area contributed by atoms with Crippen LogP contribution in [-0.4, -0.2) is 21.5 Å². The third-order valence-corrected chi connectivity index (χ3v) is 5.08. The lowest BCUT2D eigenvalue weighted by Gasteiger charge is -2.13. The third-order valence-electron chi connectivity index (χ3n) is 2.97. The van der Waals surface area contributed by atoms with Crippen LogP contribution in [0.5, 0.6) is 0 Å². The predicted octanol–water partition coefficient (Wildman–Crippen LogP) is 4.65. The number of hydrogen-bond donors (Lipinski definition) is 1. The van der Waals surface area contributed by atoms with Gasteiger partial charge in [0.2, 0.25) is 0 Å². The predicted molar refractivity (Wildman–Crippen MR) is 93.1 cm³/mol. The Bertz CT molecular complexity index is 631. The van der Waals surface area contributed by atoms with E-state index in [1.165, 1.54) is 0 Å². The molecule has 0 radical (unpaired) electrons. The summed E-state index contributed by atoms with van der Waals surface area (Å²) >= 11 is 5.25. The standard InChI is InChI=1S/C15H21BrN4S/c1-6-9-11(16)13(17-7-2)20-12(18-9)10-8-21-14(19-10)15(3,4)5/h8H,6-7H2,1-5H3,(H,17,18,20). The highest BCUT2D eigenvalue weighted by atomic mass is 79.9. The van der Waals surface area contributed by atoms with E-state index in [9.17, 15) is 0 Å². The molecule has 0 fully saturated rings. The number of halogens is 1. The Morgan fingerprint density at radius 2 is 1.90 bits per heavy atom. The minimum atomic E-state index is 0.0519. The van der Waals surface area contributed by atoms with Gasteiger partial charge in [-0.15, -0.1) is 11.3 Å². The van der Waals surface area contributed by atoms with Gasteiger partial charge in [0.05, 0.1) is 15.2 Å². The van der Waals surface area contributed by atoms with Crippen LogP contribution in [-0.2, 0) is 11.8 Å². The highest BCUT2D eigenvalue weighted by Crippen LogP contribution is 2.31. The Balaban J connectivity index is 2.48. The lowest BCUT2D eigenvalue weighted by molar-refractivity contribution is 0.586. The maximum Gasteiger partial charge on any atom is 0.181 e. The van der Waals surface area contributed by atoms with E-state index in [1.807, 2.05) is 5.38 Å². The molecule has 6 heteroatoms. The van der Waals surface area contributed by atoms with Crippen LogP contribution in [0.1, 0.15) is 45.3 Å². The molecule has 0 atom stereocenters. The number of rotatable bonds is 4. The second-order valence-electron chi connectivity index (χ2n) is 5.83. The fraction of sp³-hybridized carbons (Fsp3) is 0.533. The van der Waals surface area contributed by atoms with E-state index in [0.717, 1.165) is 39.7 Å². The molecule has 0 saturated carbocycles. The largest absolute Gasteiger partial charge is 0.369 e. The monoisotopic (exact) mass is 368 g/mol. The van der Waals surface area contributed by atoms with Crippen molar-refractivity contribution in [2.24, 2.45) is 0 Å². The summed E-state index contributed by atoms with van der Waals surface area (Å²) < 4.78 is 0.946. The summed E-state index contributed by atoms with van der Waals surface area (Å²) in [5, 5.41) is 6.42. The van der Waals surface area contributed by atoms with E-state index < -0.39 is 0 Å². The molecule has 0 amide bonds. The van der Waals surface area contributed by atoms with Gasteiger partial charge in [0.15, 0.2) is 5.82 Å². The van der Waals surface area contributed by atoms with Crippen molar-refractivity contribution >= 4 is 33.1 Å². The molecule has 2 rings (SSSR count). The van der Waals surface area contributed by atoms with Gasteiger partial charge in [0.25, 0.3) is 0 Å². The molecular weight excluding hydrogens is 348 g/mol. The zero-order valence-electron chi connectivity index (χ0n) is 13.1. The Morgan fingerprint density at radius 1 is 1.19 bits per heavy atom. The van der Waals surface area contributed by atoms with Crippen LogP contribution in [0.2, 0.25) is 0 Å². The normalized spacial score (nSPS) is 11.7. The first-order valence-electron chi connectivity index (χ1n) is 7.13. The van der Waals surface area contributed by atoms with Gasteiger partial charge in [-0.3, -0.25) is 0 Å². The smallest absolute Gasteiger partial charge is 0.181 e. The summed E-state index contributed by atoms with van der Waals surface area (Å²) in [6.45, 7) is 11.5. The first-order valence-corrected chi connectivity index (χ1v) is 8.80. The maximum absolute atomic E-state index is 4.71. The zero-order chi connectivity index (χ0) is 15.6. The average molecular weight is 369 g/mol. The van der Waals surface area contributed by atoms with Gasteiger partial charge in [-0.05, 0) is 29.3 Å². The number of nitrogens with zero attached hydrogens (tertiary/aromatic N) is 3. The van der Waals surface area contributed by atoms with Gasteiger partial charge in [0, 0.05) is 17.3 Å². The molecule has 4 nitrogen and oxygen atoms in total. The molecule has 1 N–H and O–H groups in total. The van der Waals surface area contributed by atoms with Crippen molar-refractivity contribution in [1.82, 2.24) is 15.0 Å². The minimum absolute atomic E-state index is 0.0519. The molecule has 2 aromatic rings. The molecule has 0 spiro atoms. The van der Waals surface area contributed by atoms with Crippen molar-refractivity contribution in [1.29, 1.82) is 0 Å². The topological polar surface area (TPSA) is 50.7 Å². The Hall–Kier alpha value is -1.01. The molecule has 2 aromatic heterocycles. The quantitative estimate of drug-likeness (QED) is 0.852. The van der Waals surface area contributed by atoms with Crippen LogP contribution in [0.25, 0.3) is 11.5 Å². The third kappa shape index (κ3) is 3.61. The summed E-state index contributed by atoms with van der Waals surface area (Å²) in [7, 11) is 0. The molecule has 21 heavy (non-hydrogen) atoms. The molecule has 0 saturated heterocycles. The Morgan fingerprint density at radius 3 is 2.43 bits per heavy atom. The first-order chi connectivity index (χ1) is 9.86. The molecule has 0 aliphatic carbocycles. The van der Waals surface area contributed by atoms with Gasteiger partial charge in [0.1, 0.15) is 11.5 Å². The number of nitrogens with one attached hydrogen (secondary N) is 1. The van der Waals surface area contributed by atoms with Crippen molar-refractivity contribution < 1.29 is 0 Å². The molecule has 0 aromatic carbocycles. The molecule has 0 aliphatic heterocycles. The van der Waals surface area contributed by atoms with E-state index in [-0.39, 0.29) is 5.41 Å². The molecule has 2 heterocycles. The maximum atomic E-state index is 4.71. The number of aromatic nitrogens is 3. The molecule has 0 unspecified atom stereocenters. The number of anilines is 1. The number of thiazole rings is 1. The number of hydrogen-bond acceptors (Lipinski definition) is 5. The average Bonchev–Trinajstić information content (AvgIpc) is 2.91. The summed E-state index contributed by atoms with van der Waals surface area (Å²) in [5.41, 5.74) is 1.91. The van der Waals surface area contributed by atoms with Crippen LogP contribution < -0.4 is 5.32 Å². The fourth-order valence-corrected chi connectivity index (χ4v) is 3.33. The lowest BCUT2D eigenvalue weighted by Crippen LogP contribution is -2.10. The van der Waals surface area contributed by atoms with Gasteiger partial charge in [-0.25, -0.2) is 15.0 Å². The van der Waals surface area contributed by atoms with Crippen LogP contribution in [0.3, 0.4) is 0 Å². The van der Waals surface area contributed by atoms with Crippen molar-refractivity contribution in [3.8, 4) is 11.5 Å². The van der Waals surface area contributed by atoms with Gasteiger partial charge < -0.3 is 5.32 Å². The SMILES string of the molecule is CCNc1nc(-c2csc(C(C)(C)C)n2)nc(CC)c1Br. The van der Waals surface area contributed by atoms with E-state index in [1.54, 1.807) is 11.3 Å². The molecular formula is C15H21BrN4S. The minimum Gasteiger partial charge on any atom is -0.369 e. The van der Waals surface area contributed by atoms with Crippen molar-refractivity contribution in [3.05, 3.63) is 20.6 Å². The Kier molecular flexibility index (Phi) is 4.99. The van der Waals surface area contributed by atoms with Crippen molar-refractivity contribution in [3.63, 3.8) is 0 Å². The van der Waals surface area contributed by atoms with Crippen LogP contribution >= 0.6 is 27.3 Å². The van der Waals surface area contributed by atoms with Crippen molar-refractivity contribution in [2.45, 2.75) is 46.5 Å². The second-order valence-corrected chi connectivity index (χ2v) is 7.48. The number of aryl methyl sites for hydroxylation is 1. The van der Waals surface area contributed by atoms with Crippen molar-refractivity contribution in [2.75, 3.05) is 11.9 Å². The molecule has 0 bridgehead atoms. The zero-order valence-corrected chi connectivity index (χ0v) is 15.5. The van der Waals surface area contributed by atoms with E-state index in [2.05, 4.69) is 65.8 Å². The van der Waals surface area contributed by atoms with E-state index >= 15 is 0 Å². The van der Waals surface area contributed by atoms with Crippen LogP contribution in [0.4, 0.5) is 5.82 Å². The van der Waals surface area contributed by atoms with Crippen LogP contribution in [0.15, 0.2) is 9.85 Å². The lowest BCUT2D eigenvalue weighted by atomic mass is 9.98. The summed E-state index contributed by atoms with van der Waals surface area (Å²) in [6, 6.07) is 0. The van der Waals surface area contributed by atoms with Gasteiger partial charge >= 0.3 is 0 Å². The van der Waals surface area contributed by atoms with Gasteiger partial charge in [-0.2, -0.15) is 0 Å². The summed E-state index contributed by atoms with van der Waals surface area (Å²) in [4.78, 5) is 14.0. The highest BCUT2D eigenvalue weighted by molar-refractivity contribution is 9.10. The summed E-state index contributed by atoms with van der Waals surface area (Å²) in [6.07, 6.45) is 0.852. The van der Waals surface area contributed by atoms with Crippen LogP contribution in [0, 0.1) is 0 Å². The Labute approximate surface area is 138 Å². The first kappa shape index (κ1) is 16.4. The van der Waals surface area contributed by atoms with E-state index in [0.29, 0.717) is 5.82 Å². The fourth-order valence-electron chi connectivity index (χ4n) is 1.85.